The van der Waals surface area contributed by atoms with Crippen molar-refractivity contribution in [3.63, 3.8) is 0 Å². The second kappa shape index (κ2) is 6.42. The van der Waals surface area contributed by atoms with E-state index >= 15 is 0 Å². The zero-order chi connectivity index (χ0) is 16.3. The quantitative estimate of drug-likeness (QED) is 0.411. The molecule has 8 nitrogen and oxygen atoms in total. The lowest BCUT2D eigenvalue weighted by Crippen LogP contribution is -2.54. The molecular formula is C13H18N4O4S. The highest BCUT2D eigenvalue weighted by Crippen LogP contribution is 2.18. The van der Waals surface area contributed by atoms with E-state index in [4.69, 9.17) is 5.84 Å². The van der Waals surface area contributed by atoms with Crippen LogP contribution in [0, 0.1) is 6.92 Å². The third-order valence-corrected chi connectivity index (χ3v) is 5.30. The second-order valence-electron chi connectivity index (χ2n) is 5.03. The molecule has 0 saturated carbocycles. The highest BCUT2D eigenvalue weighted by atomic mass is 32.2. The maximum atomic E-state index is 12.5. The van der Waals surface area contributed by atoms with E-state index in [1.807, 2.05) is 12.3 Å². The minimum Gasteiger partial charge on any atom is -0.331 e. The van der Waals surface area contributed by atoms with E-state index in [2.05, 4.69) is 0 Å². The first kappa shape index (κ1) is 16.4. The average Bonchev–Trinajstić information content (AvgIpc) is 2.49. The summed E-state index contributed by atoms with van der Waals surface area (Å²) in [6.07, 6.45) is 0. The molecule has 1 saturated heterocycles. The first-order valence-corrected chi connectivity index (χ1v) is 8.12. The molecule has 0 bridgehead atoms. The number of rotatable bonds is 4. The van der Waals surface area contributed by atoms with Crippen LogP contribution in [0.5, 0.6) is 0 Å². The zero-order valence-corrected chi connectivity index (χ0v) is 13.0. The Bertz CT molecular complexity index is 672. The number of amides is 2. The Morgan fingerprint density at radius 1 is 1.27 bits per heavy atom. The lowest BCUT2D eigenvalue weighted by molar-refractivity contribution is -0.138. The minimum absolute atomic E-state index is 0.139. The van der Waals surface area contributed by atoms with Crippen LogP contribution in [0.2, 0.25) is 0 Å². The molecule has 2 amide bonds. The van der Waals surface area contributed by atoms with E-state index in [1.54, 1.807) is 12.1 Å². The summed E-state index contributed by atoms with van der Waals surface area (Å²) in [5, 5.41) is 0. The topological polar surface area (TPSA) is 113 Å². The molecule has 0 aromatic heterocycles. The van der Waals surface area contributed by atoms with Crippen LogP contribution in [0.4, 0.5) is 0 Å². The summed E-state index contributed by atoms with van der Waals surface area (Å²) >= 11 is 0. The van der Waals surface area contributed by atoms with Gasteiger partial charge in [0.1, 0.15) is 6.54 Å². The van der Waals surface area contributed by atoms with Crippen LogP contribution in [0.15, 0.2) is 29.2 Å². The molecule has 1 aromatic carbocycles. The lowest BCUT2D eigenvalue weighted by Gasteiger charge is -2.33. The van der Waals surface area contributed by atoms with Gasteiger partial charge in [-0.2, -0.15) is 4.31 Å². The van der Waals surface area contributed by atoms with E-state index in [1.165, 1.54) is 17.0 Å². The third-order valence-electron chi connectivity index (χ3n) is 3.44. The highest BCUT2D eigenvalue weighted by molar-refractivity contribution is 7.89. The number of carbonyl (C=O) groups excluding carboxylic acids is 2. The van der Waals surface area contributed by atoms with Crippen molar-refractivity contribution in [2.45, 2.75) is 11.8 Å². The van der Waals surface area contributed by atoms with E-state index in [9.17, 15) is 18.0 Å². The Morgan fingerprint density at radius 3 is 2.45 bits per heavy atom. The monoisotopic (exact) mass is 326 g/mol. The summed E-state index contributed by atoms with van der Waals surface area (Å²) < 4.78 is 26.1. The van der Waals surface area contributed by atoms with Gasteiger partial charge in [-0.1, -0.05) is 17.7 Å². The van der Waals surface area contributed by atoms with Gasteiger partial charge >= 0.3 is 0 Å². The number of nitrogens with zero attached hydrogens (tertiary/aromatic N) is 2. The molecule has 1 aliphatic heterocycles. The molecule has 0 radical (unpaired) electrons. The van der Waals surface area contributed by atoms with Gasteiger partial charge in [0.25, 0.3) is 5.91 Å². The van der Waals surface area contributed by atoms with Crippen LogP contribution in [0.25, 0.3) is 0 Å². The largest absolute Gasteiger partial charge is 0.331 e. The lowest BCUT2D eigenvalue weighted by atomic mass is 10.2. The van der Waals surface area contributed by atoms with E-state index in [0.717, 1.165) is 9.87 Å². The number of hydrogen-bond acceptors (Lipinski definition) is 5. The molecule has 0 unspecified atom stereocenters. The fraction of sp³-hybridized carbons (Fsp3) is 0.385. The van der Waals surface area contributed by atoms with Crippen molar-refractivity contribution in [2.24, 2.45) is 5.84 Å². The van der Waals surface area contributed by atoms with Crippen LogP contribution < -0.4 is 11.3 Å². The normalized spacial score (nSPS) is 16.6. The van der Waals surface area contributed by atoms with Crippen LogP contribution in [0.1, 0.15) is 5.56 Å². The Hall–Kier alpha value is -1.97. The second-order valence-corrected chi connectivity index (χ2v) is 6.97. The molecule has 120 valence electrons. The number of sulfonamides is 1. The number of hydrogen-bond donors (Lipinski definition) is 2. The van der Waals surface area contributed by atoms with E-state index < -0.39 is 21.8 Å². The molecule has 3 N–H and O–H groups in total. The predicted molar refractivity (Wildman–Crippen MR) is 78.8 cm³/mol. The van der Waals surface area contributed by atoms with Crippen LogP contribution >= 0.6 is 0 Å². The summed E-state index contributed by atoms with van der Waals surface area (Å²) in [5.41, 5.74) is 2.89. The van der Waals surface area contributed by atoms with Crippen molar-refractivity contribution in [1.82, 2.24) is 14.6 Å². The molecule has 9 heteroatoms. The van der Waals surface area contributed by atoms with Gasteiger partial charge in [0.2, 0.25) is 15.9 Å². The van der Waals surface area contributed by atoms with E-state index in [-0.39, 0.29) is 31.1 Å². The molecule has 0 aliphatic carbocycles. The standard InChI is InChI=1S/C13H18N4O4S/c1-10-2-4-11(5-3-10)22(20,21)17-7-6-16(13(19)9-17)8-12(18)15-14/h2-5H,6-9,14H2,1H3,(H,15,18). The predicted octanol–water partition coefficient (Wildman–Crippen LogP) is -1.18. The van der Waals surface area contributed by atoms with Crippen LogP contribution in [0.3, 0.4) is 0 Å². The summed E-state index contributed by atoms with van der Waals surface area (Å²) in [6.45, 7) is 1.69. The number of benzene rings is 1. The Balaban J connectivity index is 2.10. The van der Waals surface area contributed by atoms with E-state index in [0.29, 0.717) is 0 Å². The maximum absolute atomic E-state index is 12.5. The average molecular weight is 326 g/mol. The van der Waals surface area contributed by atoms with Crippen molar-refractivity contribution in [3.8, 4) is 0 Å². The Kier molecular flexibility index (Phi) is 4.79. The van der Waals surface area contributed by atoms with Crippen LogP contribution in [-0.4, -0.2) is 55.6 Å². The summed E-state index contributed by atoms with van der Waals surface area (Å²) in [4.78, 5) is 24.6. The van der Waals surface area contributed by atoms with Crippen molar-refractivity contribution < 1.29 is 18.0 Å². The fourth-order valence-corrected chi connectivity index (χ4v) is 3.52. The summed E-state index contributed by atoms with van der Waals surface area (Å²) in [6, 6.07) is 6.44. The van der Waals surface area contributed by atoms with Gasteiger partial charge in [0.15, 0.2) is 0 Å². The fourth-order valence-electron chi connectivity index (χ4n) is 2.14. The van der Waals surface area contributed by atoms with Gasteiger partial charge in [-0.25, -0.2) is 14.3 Å². The highest BCUT2D eigenvalue weighted by Gasteiger charge is 2.33. The third kappa shape index (κ3) is 3.43. The molecule has 1 aliphatic rings. The summed E-state index contributed by atoms with van der Waals surface area (Å²) in [5.74, 6) is 4.05. The first-order chi connectivity index (χ1) is 10.3. The number of nitrogens with one attached hydrogen (secondary N) is 1. The van der Waals surface area contributed by atoms with Gasteiger partial charge in [0, 0.05) is 13.1 Å². The van der Waals surface area contributed by atoms with Crippen molar-refractivity contribution >= 4 is 21.8 Å². The van der Waals surface area contributed by atoms with Gasteiger partial charge in [-0.05, 0) is 19.1 Å². The Morgan fingerprint density at radius 2 is 1.91 bits per heavy atom. The molecule has 1 aromatic rings. The zero-order valence-electron chi connectivity index (χ0n) is 12.2. The smallest absolute Gasteiger partial charge is 0.253 e. The minimum atomic E-state index is -3.71. The molecule has 0 atom stereocenters. The Labute approximate surface area is 128 Å². The van der Waals surface area contributed by atoms with Gasteiger partial charge < -0.3 is 4.90 Å². The molecule has 1 fully saturated rings. The van der Waals surface area contributed by atoms with Crippen molar-refractivity contribution in [3.05, 3.63) is 29.8 Å². The molecular weight excluding hydrogens is 308 g/mol. The van der Waals surface area contributed by atoms with Gasteiger partial charge in [-0.15, -0.1) is 0 Å². The van der Waals surface area contributed by atoms with Gasteiger partial charge in [0.05, 0.1) is 11.4 Å². The van der Waals surface area contributed by atoms with Crippen molar-refractivity contribution in [2.75, 3.05) is 26.2 Å². The molecule has 22 heavy (non-hydrogen) atoms. The number of piperazine rings is 1. The van der Waals surface area contributed by atoms with Gasteiger partial charge in [-0.3, -0.25) is 15.0 Å². The molecule has 0 spiro atoms. The number of aryl methyl sites for hydroxylation is 1. The number of hydrazine groups is 1. The first-order valence-electron chi connectivity index (χ1n) is 6.68. The molecule has 2 rings (SSSR count). The SMILES string of the molecule is Cc1ccc(S(=O)(=O)N2CCN(CC(=O)NN)C(=O)C2)cc1. The molecule has 1 heterocycles. The summed E-state index contributed by atoms with van der Waals surface area (Å²) in [7, 11) is -3.71. The number of carbonyl (C=O) groups is 2. The van der Waals surface area contributed by atoms with Crippen LogP contribution in [-0.2, 0) is 19.6 Å². The number of nitrogens with two attached hydrogens (primary N) is 1. The maximum Gasteiger partial charge on any atom is 0.253 e. The van der Waals surface area contributed by atoms with Crippen molar-refractivity contribution in [1.29, 1.82) is 0 Å².